The monoisotopic (exact) mass is 383 g/mol. The van der Waals surface area contributed by atoms with E-state index in [4.69, 9.17) is 4.74 Å². The fourth-order valence-electron chi connectivity index (χ4n) is 2.66. The molecule has 0 radical (unpaired) electrons. The lowest BCUT2D eigenvalue weighted by Crippen LogP contribution is -2.42. The van der Waals surface area contributed by atoms with Crippen LogP contribution in [0.3, 0.4) is 0 Å². The number of carboxylic acids is 1. The Bertz CT molecular complexity index is 848. The van der Waals surface area contributed by atoms with Crippen molar-refractivity contribution in [3.05, 3.63) is 65.2 Å². The molecular formula is C22H25NO5. The normalized spacial score (nSPS) is 12.1. The zero-order valence-electron chi connectivity index (χ0n) is 16.5. The quantitative estimate of drug-likeness (QED) is 0.590. The van der Waals surface area contributed by atoms with Gasteiger partial charge >= 0.3 is 11.9 Å². The van der Waals surface area contributed by atoms with Crippen molar-refractivity contribution in [2.45, 2.75) is 45.6 Å². The van der Waals surface area contributed by atoms with Crippen molar-refractivity contribution < 1.29 is 24.2 Å². The molecule has 6 nitrogen and oxygen atoms in total. The number of hydrogen-bond acceptors (Lipinski definition) is 4. The van der Waals surface area contributed by atoms with Crippen molar-refractivity contribution >= 4 is 17.8 Å². The van der Waals surface area contributed by atoms with E-state index in [1.165, 1.54) is 31.2 Å². The number of hydrogen-bond donors (Lipinski definition) is 2. The van der Waals surface area contributed by atoms with Gasteiger partial charge in [0.15, 0.2) is 0 Å². The summed E-state index contributed by atoms with van der Waals surface area (Å²) in [5.74, 6) is -1.75. The largest absolute Gasteiger partial charge is 0.480 e. The second kappa shape index (κ2) is 8.69. The number of carboxylic acid groups (broad SMARTS) is 1. The third kappa shape index (κ3) is 5.94. The second-order valence-electron chi connectivity index (χ2n) is 7.63. The maximum absolute atomic E-state index is 12.4. The highest BCUT2D eigenvalue weighted by molar-refractivity contribution is 5.96. The van der Waals surface area contributed by atoms with Crippen LogP contribution in [0.15, 0.2) is 48.5 Å². The zero-order valence-corrected chi connectivity index (χ0v) is 16.5. The first-order chi connectivity index (χ1) is 13.1. The number of amides is 1. The van der Waals surface area contributed by atoms with Crippen molar-refractivity contribution in [3.63, 3.8) is 0 Å². The first-order valence-electron chi connectivity index (χ1n) is 8.98. The molecule has 0 aromatic heterocycles. The van der Waals surface area contributed by atoms with E-state index in [9.17, 15) is 19.5 Å². The number of rotatable bonds is 6. The Morgan fingerprint density at radius 3 is 2.04 bits per heavy atom. The molecule has 2 aromatic rings. The zero-order chi connectivity index (χ0) is 20.9. The van der Waals surface area contributed by atoms with Crippen molar-refractivity contribution in [1.82, 2.24) is 5.32 Å². The Hall–Kier alpha value is -3.15. The summed E-state index contributed by atoms with van der Waals surface area (Å²) < 4.78 is 4.92. The van der Waals surface area contributed by atoms with Crippen LogP contribution < -0.4 is 10.1 Å². The summed E-state index contributed by atoms with van der Waals surface area (Å²) >= 11 is 0. The lowest BCUT2D eigenvalue weighted by Gasteiger charge is -2.20. The van der Waals surface area contributed by atoms with Crippen LogP contribution in [-0.2, 0) is 21.4 Å². The molecule has 6 heteroatoms. The molecule has 2 N–H and O–H groups in total. The van der Waals surface area contributed by atoms with Gasteiger partial charge in [0.2, 0.25) is 0 Å². The molecule has 0 heterocycles. The van der Waals surface area contributed by atoms with E-state index in [1.807, 2.05) is 24.3 Å². The van der Waals surface area contributed by atoms with Crippen LogP contribution in [0.25, 0.3) is 0 Å². The van der Waals surface area contributed by atoms with E-state index >= 15 is 0 Å². The van der Waals surface area contributed by atoms with E-state index < -0.39 is 23.9 Å². The SMILES string of the molecule is CC(=O)Oc1ccc(C(=O)N[C@H](Cc2ccc(C(C)(C)C)cc2)C(=O)O)cc1. The van der Waals surface area contributed by atoms with Crippen LogP contribution >= 0.6 is 0 Å². The summed E-state index contributed by atoms with van der Waals surface area (Å²) in [6.45, 7) is 7.60. The minimum Gasteiger partial charge on any atom is -0.480 e. The van der Waals surface area contributed by atoms with Crippen LogP contribution in [0.5, 0.6) is 5.75 Å². The molecule has 28 heavy (non-hydrogen) atoms. The van der Waals surface area contributed by atoms with E-state index in [0.717, 1.165) is 11.1 Å². The predicted molar refractivity (Wildman–Crippen MR) is 105 cm³/mol. The summed E-state index contributed by atoms with van der Waals surface area (Å²) in [5.41, 5.74) is 2.27. The van der Waals surface area contributed by atoms with Crippen molar-refractivity contribution in [3.8, 4) is 5.75 Å². The molecule has 0 bridgehead atoms. The number of ether oxygens (including phenoxy) is 1. The number of carbonyl (C=O) groups is 3. The maximum Gasteiger partial charge on any atom is 0.326 e. The predicted octanol–water partition coefficient (Wildman–Crippen LogP) is 3.34. The fourth-order valence-corrected chi connectivity index (χ4v) is 2.66. The van der Waals surface area contributed by atoms with Gasteiger partial charge in [0, 0.05) is 18.9 Å². The molecule has 0 saturated carbocycles. The fraction of sp³-hybridized carbons (Fsp3) is 0.318. The van der Waals surface area contributed by atoms with Gasteiger partial charge in [0.1, 0.15) is 11.8 Å². The van der Waals surface area contributed by atoms with E-state index in [2.05, 4.69) is 26.1 Å². The van der Waals surface area contributed by atoms with E-state index in [1.54, 1.807) is 0 Å². The van der Waals surface area contributed by atoms with Gasteiger partial charge in [-0.1, -0.05) is 45.0 Å². The average molecular weight is 383 g/mol. The molecular weight excluding hydrogens is 358 g/mol. The molecule has 0 spiro atoms. The molecule has 2 aromatic carbocycles. The van der Waals surface area contributed by atoms with Gasteiger partial charge in [-0.15, -0.1) is 0 Å². The van der Waals surface area contributed by atoms with Gasteiger partial charge in [-0.05, 0) is 40.8 Å². The number of aliphatic carboxylic acids is 1. The third-order valence-corrected chi connectivity index (χ3v) is 4.24. The molecule has 1 atom stereocenters. The lowest BCUT2D eigenvalue weighted by molar-refractivity contribution is -0.139. The first kappa shape index (κ1) is 21.2. The molecule has 0 unspecified atom stereocenters. The standard InChI is InChI=1S/C22H25NO5/c1-14(24)28-18-11-7-16(8-12-18)20(25)23-19(21(26)27)13-15-5-9-17(10-6-15)22(2,3)4/h5-12,19H,13H2,1-4H3,(H,23,25)(H,26,27)/t19-/m1/s1. The molecule has 2 rings (SSSR count). The Kier molecular flexibility index (Phi) is 6.57. The van der Waals surface area contributed by atoms with Crippen LogP contribution in [-0.4, -0.2) is 29.0 Å². The van der Waals surface area contributed by atoms with Gasteiger partial charge in [-0.3, -0.25) is 9.59 Å². The molecule has 148 valence electrons. The van der Waals surface area contributed by atoms with Crippen LogP contribution in [0.1, 0.15) is 49.2 Å². The topological polar surface area (TPSA) is 92.7 Å². The Balaban J connectivity index is 2.07. The van der Waals surface area contributed by atoms with E-state index in [0.29, 0.717) is 5.75 Å². The highest BCUT2D eigenvalue weighted by Gasteiger charge is 2.22. The minimum absolute atomic E-state index is 0.0111. The van der Waals surface area contributed by atoms with Gasteiger partial charge in [-0.25, -0.2) is 4.79 Å². The average Bonchev–Trinajstić information content (AvgIpc) is 2.60. The summed E-state index contributed by atoms with van der Waals surface area (Å²) in [6.07, 6.45) is 0.178. The molecule has 0 aliphatic carbocycles. The Morgan fingerprint density at radius 1 is 1.00 bits per heavy atom. The minimum atomic E-state index is -1.11. The highest BCUT2D eigenvalue weighted by Crippen LogP contribution is 2.22. The molecule has 1 amide bonds. The molecule has 0 saturated heterocycles. The first-order valence-corrected chi connectivity index (χ1v) is 8.98. The van der Waals surface area contributed by atoms with Crippen LogP contribution in [0.2, 0.25) is 0 Å². The van der Waals surface area contributed by atoms with Gasteiger partial charge in [-0.2, -0.15) is 0 Å². The van der Waals surface area contributed by atoms with Gasteiger partial charge in [0.25, 0.3) is 5.91 Å². The smallest absolute Gasteiger partial charge is 0.326 e. The van der Waals surface area contributed by atoms with Crippen molar-refractivity contribution in [2.24, 2.45) is 0 Å². The van der Waals surface area contributed by atoms with Crippen LogP contribution in [0.4, 0.5) is 0 Å². The lowest BCUT2D eigenvalue weighted by atomic mass is 9.86. The summed E-state index contributed by atoms with van der Waals surface area (Å²) in [4.78, 5) is 34.9. The maximum atomic E-state index is 12.4. The number of benzene rings is 2. The molecule has 0 aliphatic heterocycles. The molecule has 0 fully saturated rings. The highest BCUT2D eigenvalue weighted by atomic mass is 16.5. The number of carbonyl (C=O) groups excluding carboxylic acids is 2. The number of nitrogens with one attached hydrogen (secondary N) is 1. The Morgan fingerprint density at radius 2 is 1.57 bits per heavy atom. The third-order valence-electron chi connectivity index (χ3n) is 4.24. The Labute approximate surface area is 164 Å². The summed E-state index contributed by atoms with van der Waals surface area (Å²) in [6, 6.07) is 12.6. The van der Waals surface area contributed by atoms with Gasteiger partial charge in [0.05, 0.1) is 0 Å². The number of esters is 1. The van der Waals surface area contributed by atoms with Gasteiger partial charge < -0.3 is 15.2 Å². The van der Waals surface area contributed by atoms with Crippen molar-refractivity contribution in [1.29, 1.82) is 0 Å². The van der Waals surface area contributed by atoms with Crippen LogP contribution in [0, 0.1) is 0 Å². The van der Waals surface area contributed by atoms with Crippen molar-refractivity contribution in [2.75, 3.05) is 0 Å². The summed E-state index contributed by atoms with van der Waals surface area (Å²) in [7, 11) is 0. The molecule has 0 aliphatic rings. The summed E-state index contributed by atoms with van der Waals surface area (Å²) in [5, 5.41) is 12.0. The van der Waals surface area contributed by atoms with E-state index in [-0.39, 0.29) is 17.4 Å². The second-order valence-corrected chi connectivity index (χ2v) is 7.63.